The molecule has 0 aromatic carbocycles. The minimum Gasteiger partial charge on any atom is -0.473 e. The third-order valence-corrected chi connectivity index (χ3v) is 2.89. The maximum absolute atomic E-state index is 5.57. The molecule has 0 radical (unpaired) electrons. The molecule has 0 fully saturated rings. The summed E-state index contributed by atoms with van der Waals surface area (Å²) in [5, 5.41) is 0. The van der Waals surface area contributed by atoms with Crippen LogP contribution < -0.4 is 0 Å². The number of nitrogens with zero attached hydrogens (tertiary/aromatic N) is 1. The Balaban J connectivity index is 2.30. The average Bonchev–Trinajstić information content (AvgIpc) is 2.57. The van der Waals surface area contributed by atoms with Crippen molar-refractivity contribution in [2.45, 2.75) is 64.7 Å². The third-order valence-electron chi connectivity index (χ3n) is 2.89. The van der Waals surface area contributed by atoms with Gasteiger partial charge in [-0.3, -0.25) is 0 Å². The lowest BCUT2D eigenvalue weighted by atomic mass is 9.96. The van der Waals surface area contributed by atoms with Crippen LogP contribution in [-0.2, 0) is 9.47 Å². The van der Waals surface area contributed by atoms with E-state index in [1.165, 1.54) is 25.7 Å². The zero-order chi connectivity index (χ0) is 11.1. The van der Waals surface area contributed by atoms with Crippen LogP contribution in [0.3, 0.4) is 0 Å². The fourth-order valence-electron chi connectivity index (χ4n) is 1.88. The monoisotopic (exact) mass is 213 g/mol. The molecule has 0 amide bonds. The summed E-state index contributed by atoms with van der Waals surface area (Å²) < 4.78 is 11.1. The molecule has 1 heterocycles. The molecule has 15 heavy (non-hydrogen) atoms. The Morgan fingerprint density at radius 1 is 1.33 bits per heavy atom. The molecule has 0 aromatic heterocycles. The molecular formula is C12H23NO2. The summed E-state index contributed by atoms with van der Waals surface area (Å²) in [5.74, 6) is 0. The van der Waals surface area contributed by atoms with Gasteiger partial charge < -0.3 is 9.47 Å². The van der Waals surface area contributed by atoms with Crippen LogP contribution in [0.1, 0.15) is 52.9 Å². The molecular weight excluding hydrogens is 190 g/mol. The summed E-state index contributed by atoms with van der Waals surface area (Å²) in [6.45, 7) is 6.99. The van der Waals surface area contributed by atoms with Crippen molar-refractivity contribution in [3.05, 3.63) is 0 Å². The summed E-state index contributed by atoms with van der Waals surface area (Å²) >= 11 is 0. The number of aliphatic imine (C=N–C) groups is 1. The van der Waals surface area contributed by atoms with Crippen molar-refractivity contribution in [1.82, 2.24) is 0 Å². The topological polar surface area (TPSA) is 30.8 Å². The summed E-state index contributed by atoms with van der Waals surface area (Å²) in [4.78, 5) is 4.21. The molecule has 0 N–H and O–H groups in total. The minimum absolute atomic E-state index is 0.107. The summed E-state index contributed by atoms with van der Waals surface area (Å²) in [6, 6.07) is 0. The SMILES string of the molecule is CCCCCCC1(C)OC=NC1OCC. The van der Waals surface area contributed by atoms with Crippen LogP contribution in [0.5, 0.6) is 0 Å². The van der Waals surface area contributed by atoms with Gasteiger partial charge in [0.15, 0.2) is 18.2 Å². The second-order valence-corrected chi connectivity index (χ2v) is 4.30. The van der Waals surface area contributed by atoms with Crippen LogP contribution in [0.4, 0.5) is 0 Å². The van der Waals surface area contributed by atoms with E-state index in [0.717, 1.165) is 6.42 Å². The first-order valence-electron chi connectivity index (χ1n) is 6.04. The van der Waals surface area contributed by atoms with E-state index in [2.05, 4.69) is 18.8 Å². The van der Waals surface area contributed by atoms with Crippen molar-refractivity contribution >= 4 is 6.40 Å². The molecule has 0 aliphatic carbocycles. The Bertz CT molecular complexity index is 206. The van der Waals surface area contributed by atoms with E-state index in [0.29, 0.717) is 6.61 Å². The van der Waals surface area contributed by atoms with Crippen molar-refractivity contribution in [2.75, 3.05) is 6.61 Å². The van der Waals surface area contributed by atoms with Gasteiger partial charge in [-0.1, -0.05) is 26.2 Å². The molecule has 1 aliphatic heterocycles. The van der Waals surface area contributed by atoms with Gasteiger partial charge in [0.25, 0.3) is 0 Å². The van der Waals surface area contributed by atoms with Crippen LogP contribution in [0.15, 0.2) is 4.99 Å². The minimum atomic E-state index is -0.232. The normalized spacial score (nSPS) is 29.4. The highest BCUT2D eigenvalue weighted by atomic mass is 16.6. The second kappa shape index (κ2) is 6.11. The van der Waals surface area contributed by atoms with Crippen molar-refractivity contribution in [1.29, 1.82) is 0 Å². The molecule has 0 bridgehead atoms. The molecule has 3 heteroatoms. The van der Waals surface area contributed by atoms with E-state index in [1.807, 2.05) is 6.92 Å². The van der Waals surface area contributed by atoms with Crippen LogP contribution >= 0.6 is 0 Å². The highest BCUT2D eigenvalue weighted by Crippen LogP contribution is 2.29. The molecule has 2 unspecified atom stereocenters. The summed E-state index contributed by atoms with van der Waals surface area (Å²) in [5.41, 5.74) is -0.232. The quantitative estimate of drug-likeness (QED) is 0.608. The Labute approximate surface area is 92.9 Å². The Morgan fingerprint density at radius 3 is 2.80 bits per heavy atom. The van der Waals surface area contributed by atoms with E-state index in [1.54, 1.807) is 6.40 Å². The molecule has 0 spiro atoms. The van der Waals surface area contributed by atoms with Gasteiger partial charge in [0, 0.05) is 6.61 Å². The standard InChI is InChI=1S/C12H23NO2/c1-4-6-7-8-9-12(3)11(14-5-2)13-10-15-12/h10-11H,4-9H2,1-3H3. The number of ether oxygens (including phenoxy) is 2. The van der Waals surface area contributed by atoms with E-state index >= 15 is 0 Å². The van der Waals surface area contributed by atoms with Crippen molar-refractivity contribution in [2.24, 2.45) is 4.99 Å². The molecule has 0 saturated carbocycles. The van der Waals surface area contributed by atoms with Crippen molar-refractivity contribution in [3.8, 4) is 0 Å². The summed E-state index contributed by atoms with van der Waals surface area (Å²) in [7, 11) is 0. The first-order chi connectivity index (χ1) is 7.23. The second-order valence-electron chi connectivity index (χ2n) is 4.30. The first kappa shape index (κ1) is 12.5. The largest absolute Gasteiger partial charge is 0.473 e. The molecule has 2 atom stereocenters. The molecule has 0 saturated heterocycles. The zero-order valence-electron chi connectivity index (χ0n) is 10.2. The van der Waals surface area contributed by atoms with Gasteiger partial charge in [-0.2, -0.15) is 0 Å². The number of hydrogen-bond acceptors (Lipinski definition) is 3. The Hall–Kier alpha value is -0.570. The summed E-state index contributed by atoms with van der Waals surface area (Å²) in [6.07, 6.45) is 7.49. The maximum atomic E-state index is 5.57. The van der Waals surface area contributed by atoms with Gasteiger partial charge >= 0.3 is 0 Å². The van der Waals surface area contributed by atoms with Crippen molar-refractivity contribution in [3.63, 3.8) is 0 Å². The average molecular weight is 213 g/mol. The predicted octanol–water partition coefficient (Wildman–Crippen LogP) is 3.14. The highest BCUT2D eigenvalue weighted by molar-refractivity contribution is 5.50. The Morgan fingerprint density at radius 2 is 2.13 bits per heavy atom. The first-order valence-corrected chi connectivity index (χ1v) is 6.04. The molecule has 1 aliphatic rings. The van der Waals surface area contributed by atoms with Crippen LogP contribution in [0.25, 0.3) is 0 Å². The zero-order valence-corrected chi connectivity index (χ0v) is 10.2. The molecule has 88 valence electrons. The van der Waals surface area contributed by atoms with Crippen LogP contribution in [0.2, 0.25) is 0 Å². The van der Waals surface area contributed by atoms with Gasteiger partial charge in [0.1, 0.15) is 0 Å². The van der Waals surface area contributed by atoms with Crippen LogP contribution in [0, 0.1) is 0 Å². The number of unbranched alkanes of at least 4 members (excludes halogenated alkanes) is 3. The van der Waals surface area contributed by atoms with Gasteiger partial charge in [0.05, 0.1) is 0 Å². The lowest BCUT2D eigenvalue weighted by molar-refractivity contribution is -0.0628. The van der Waals surface area contributed by atoms with E-state index in [9.17, 15) is 0 Å². The molecule has 0 aromatic rings. The predicted molar refractivity (Wildman–Crippen MR) is 62.2 cm³/mol. The lowest BCUT2D eigenvalue weighted by Gasteiger charge is -2.28. The fourth-order valence-corrected chi connectivity index (χ4v) is 1.88. The van der Waals surface area contributed by atoms with Gasteiger partial charge in [-0.25, -0.2) is 4.99 Å². The van der Waals surface area contributed by atoms with Gasteiger partial charge in [-0.05, 0) is 26.7 Å². The molecule has 3 nitrogen and oxygen atoms in total. The number of hydrogen-bond donors (Lipinski definition) is 0. The van der Waals surface area contributed by atoms with E-state index in [-0.39, 0.29) is 11.8 Å². The fraction of sp³-hybridized carbons (Fsp3) is 0.917. The smallest absolute Gasteiger partial charge is 0.190 e. The number of rotatable bonds is 7. The van der Waals surface area contributed by atoms with Crippen LogP contribution in [-0.4, -0.2) is 24.8 Å². The van der Waals surface area contributed by atoms with Gasteiger partial charge in [0.2, 0.25) is 0 Å². The highest BCUT2D eigenvalue weighted by Gasteiger charge is 2.39. The third kappa shape index (κ3) is 3.49. The maximum Gasteiger partial charge on any atom is 0.190 e. The van der Waals surface area contributed by atoms with Gasteiger partial charge in [-0.15, -0.1) is 0 Å². The Kier molecular flexibility index (Phi) is 5.09. The van der Waals surface area contributed by atoms with E-state index in [4.69, 9.17) is 9.47 Å². The van der Waals surface area contributed by atoms with E-state index < -0.39 is 0 Å². The lowest BCUT2D eigenvalue weighted by Crippen LogP contribution is -2.38. The van der Waals surface area contributed by atoms with Crippen molar-refractivity contribution < 1.29 is 9.47 Å². The molecule has 1 rings (SSSR count).